The Balaban J connectivity index is 2.63. The molecule has 1 aromatic carbocycles. The highest BCUT2D eigenvalue weighted by Gasteiger charge is 2.12. The Bertz CT molecular complexity index is 492. The summed E-state index contributed by atoms with van der Waals surface area (Å²) < 4.78 is 1.72. The van der Waals surface area contributed by atoms with Crippen molar-refractivity contribution in [2.45, 2.75) is 26.1 Å². The minimum Gasteiger partial charge on any atom is -0.196 e. The van der Waals surface area contributed by atoms with Crippen molar-refractivity contribution in [3.8, 4) is 5.69 Å². The fraction of sp³-hybridized carbons (Fsp3) is 0.364. The maximum Gasteiger partial charge on any atom is 0.171 e. The van der Waals surface area contributed by atoms with E-state index < -0.39 is 0 Å². The zero-order chi connectivity index (χ0) is 11.5. The van der Waals surface area contributed by atoms with Crippen molar-refractivity contribution in [3.05, 3.63) is 35.2 Å². The molecule has 0 aliphatic heterocycles. The lowest BCUT2D eigenvalue weighted by atomic mass is 10.1. The number of halogens is 1. The third kappa shape index (κ3) is 1.80. The number of rotatable bonds is 3. The van der Waals surface area contributed by atoms with Gasteiger partial charge >= 0.3 is 0 Å². The van der Waals surface area contributed by atoms with Gasteiger partial charge in [0.2, 0.25) is 0 Å². The molecule has 0 radical (unpaired) electrons. The highest BCUT2D eigenvalue weighted by molar-refractivity contribution is 6.16. The Kier molecular flexibility index (Phi) is 3.19. The van der Waals surface area contributed by atoms with E-state index in [0.29, 0.717) is 11.7 Å². The van der Waals surface area contributed by atoms with Crippen LogP contribution in [0.5, 0.6) is 0 Å². The van der Waals surface area contributed by atoms with Crippen LogP contribution in [-0.4, -0.2) is 20.2 Å². The van der Waals surface area contributed by atoms with Gasteiger partial charge in [-0.2, -0.15) is 4.68 Å². The minimum absolute atomic E-state index is 0.310. The smallest absolute Gasteiger partial charge is 0.171 e. The molecule has 0 atom stereocenters. The van der Waals surface area contributed by atoms with Crippen molar-refractivity contribution in [3.63, 3.8) is 0 Å². The van der Waals surface area contributed by atoms with Gasteiger partial charge in [0, 0.05) is 0 Å². The molecular formula is C11H13ClN4. The van der Waals surface area contributed by atoms with Gasteiger partial charge in [0.15, 0.2) is 5.82 Å². The minimum atomic E-state index is 0.310. The summed E-state index contributed by atoms with van der Waals surface area (Å²) in [6.07, 6.45) is 0.943. The second kappa shape index (κ2) is 4.61. The van der Waals surface area contributed by atoms with Crippen LogP contribution in [-0.2, 0) is 12.3 Å². The average molecular weight is 237 g/mol. The topological polar surface area (TPSA) is 43.6 Å². The van der Waals surface area contributed by atoms with Gasteiger partial charge in [0.05, 0.1) is 11.6 Å². The predicted molar refractivity (Wildman–Crippen MR) is 62.8 cm³/mol. The Morgan fingerprint density at radius 3 is 2.88 bits per heavy atom. The van der Waals surface area contributed by atoms with Gasteiger partial charge in [0.1, 0.15) is 0 Å². The maximum atomic E-state index is 5.81. The highest BCUT2D eigenvalue weighted by atomic mass is 35.5. The molecule has 0 saturated carbocycles. The number of aromatic nitrogens is 4. The van der Waals surface area contributed by atoms with E-state index in [2.05, 4.69) is 28.5 Å². The van der Waals surface area contributed by atoms with Gasteiger partial charge in [-0.3, -0.25) is 0 Å². The number of para-hydroxylation sites is 1. The first-order chi connectivity index (χ1) is 7.77. The van der Waals surface area contributed by atoms with Gasteiger partial charge in [-0.1, -0.05) is 25.1 Å². The molecule has 0 aliphatic rings. The monoisotopic (exact) mass is 236 g/mol. The molecule has 0 unspecified atom stereocenters. The van der Waals surface area contributed by atoms with Crippen LogP contribution in [0.25, 0.3) is 5.69 Å². The van der Waals surface area contributed by atoms with Crippen LogP contribution < -0.4 is 0 Å². The molecule has 0 aliphatic carbocycles. The maximum absolute atomic E-state index is 5.81. The third-order valence-electron chi connectivity index (χ3n) is 2.57. The zero-order valence-electron chi connectivity index (χ0n) is 9.31. The standard InChI is InChI=1S/C11H13ClN4/c1-3-9-6-4-5-8(2)11(9)16-10(7-12)13-14-15-16/h4-6H,3,7H2,1-2H3. The van der Waals surface area contributed by atoms with Gasteiger partial charge in [-0.25, -0.2) is 0 Å². The molecule has 4 nitrogen and oxygen atoms in total. The molecule has 0 bridgehead atoms. The van der Waals surface area contributed by atoms with Crippen molar-refractivity contribution >= 4 is 11.6 Å². The molecule has 2 aromatic rings. The number of alkyl halides is 1. The fourth-order valence-electron chi connectivity index (χ4n) is 1.77. The van der Waals surface area contributed by atoms with Gasteiger partial charge < -0.3 is 0 Å². The van der Waals surface area contributed by atoms with E-state index >= 15 is 0 Å². The van der Waals surface area contributed by atoms with E-state index in [1.165, 1.54) is 5.56 Å². The summed E-state index contributed by atoms with van der Waals surface area (Å²) in [6.45, 7) is 4.16. The van der Waals surface area contributed by atoms with Crippen LogP contribution in [0.15, 0.2) is 18.2 Å². The summed E-state index contributed by atoms with van der Waals surface area (Å²) in [5, 5.41) is 11.6. The van der Waals surface area contributed by atoms with Crippen molar-refractivity contribution in [2.24, 2.45) is 0 Å². The zero-order valence-corrected chi connectivity index (χ0v) is 10.1. The van der Waals surface area contributed by atoms with E-state index in [-0.39, 0.29) is 0 Å². The quantitative estimate of drug-likeness (QED) is 0.768. The number of benzene rings is 1. The van der Waals surface area contributed by atoms with Gasteiger partial charge in [-0.15, -0.1) is 16.7 Å². The second-order valence-corrected chi connectivity index (χ2v) is 3.84. The summed E-state index contributed by atoms with van der Waals surface area (Å²) in [4.78, 5) is 0. The van der Waals surface area contributed by atoms with E-state index in [9.17, 15) is 0 Å². The number of tetrazole rings is 1. The van der Waals surface area contributed by atoms with E-state index in [1.807, 2.05) is 19.1 Å². The molecule has 2 rings (SSSR count). The summed E-state index contributed by atoms with van der Waals surface area (Å²) in [5.74, 6) is 0.982. The van der Waals surface area contributed by atoms with Crippen molar-refractivity contribution < 1.29 is 0 Å². The van der Waals surface area contributed by atoms with Crippen molar-refractivity contribution in [2.75, 3.05) is 0 Å². The Morgan fingerprint density at radius 2 is 2.19 bits per heavy atom. The Hall–Kier alpha value is -1.42. The Labute approximate surface area is 99.2 Å². The fourth-order valence-corrected chi connectivity index (χ4v) is 1.94. The normalized spacial score (nSPS) is 10.7. The first-order valence-electron chi connectivity index (χ1n) is 5.20. The molecule has 0 saturated heterocycles. The van der Waals surface area contributed by atoms with Crippen molar-refractivity contribution in [1.82, 2.24) is 20.2 Å². The third-order valence-corrected chi connectivity index (χ3v) is 2.81. The van der Waals surface area contributed by atoms with Crippen LogP contribution in [0.2, 0.25) is 0 Å². The average Bonchev–Trinajstić information content (AvgIpc) is 2.76. The summed E-state index contributed by atoms with van der Waals surface area (Å²) in [5.41, 5.74) is 3.42. The van der Waals surface area contributed by atoms with E-state index in [4.69, 9.17) is 11.6 Å². The number of hydrogen-bond donors (Lipinski definition) is 0. The lowest BCUT2D eigenvalue weighted by molar-refractivity contribution is 0.764. The number of aryl methyl sites for hydroxylation is 2. The highest BCUT2D eigenvalue weighted by Crippen LogP contribution is 2.20. The molecule has 84 valence electrons. The molecule has 1 aromatic heterocycles. The first-order valence-corrected chi connectivity index (χ1v) is 5.73. The van der Waals surface area contributed by atoms with Crippen molar-refractivity contribution in [1.29, 1.82) is 0 Å². The first kappa shape index (κ1) is 11.1. The molecule has 0 fully saturated rings. The molecule has 16 heavy (non-hydrogen) atoms. The molecule has 0 amide bonds. The number of nitrogens with zero attached hydrogens (tertiary/aromatic N) is 4. The molecule has 1 heterocycles. The van der Waals surface area contributed by atoms with Crippen LogP contribution in [0.3, 0.4) is 0 Å². The molecule has 5 heteroatoms. The van der Waals surface area contributed by atoms with E-state index in [1.54, 1.807) is 4.68 Å². The largest absolute Gasteiger partial charge is 0.196 e. The van der Waals surface area contributed by atoms with Crippen LogP contribution >= 0.6 is 11.6 Å². The lowest BCUT2D eigenvalue weighted by Gasteiger charge is -2.11. The van der Waals surface area contributed by atoms with Crippen LogP contribution in [0.4, 0.5) is 0 Å². The molecular weight excluding hydrogens is 224 g/mol. The second-order valence-electron chi connectivity index (χ2n) is 3.58. The molecule has 0 spiro atoms. The van der Waals surface area contributed by atoms with Gasteiger partial charge in [0.25, 0.3) is 0 Å². The van der Waals surface area contributed by atoms with E-state index in [0.717, 1.165) is 17.7 Å². The molecule has 0 N–H and O–H groups in total. The van der Waals surface area contributed by atoms with Crippen LogP contribution in [0.1, 0.15) is 23.9 Å². The lowest BCUT2D eigenvalue weighted by Crippen LogP contribution is -2.07. The summed E-state index contributed by atoms with van der Waals surface area (Å²) >= 11 is 5.81. The SMILES string of the molecule is CCc1cccc(C)c1-n1nnnc1CCl. The number of hydrogen-bond acceptors (Lipinski definition) is 3. The van der Waals surface area contributed by atoms with Crippen LogP contribution in [0, 0.1) is 6.92 Å². The predicted octanol–water partition coefficient (Wildman–Crippen LogP) is 2.27. The summed E-state index contributed by atoms with van der Waals surface area (Å²) in [7, 11) is 0. The summed E-state index contributed by atoms with van der Waals surface area (Å²) in [6, 6.07) is 6.18. The van der Waals surface area contributed by atoms with Gasteiger partial charge in [-0.05, 0) is 34.9 Å². The Morgan fingerprint density at radius 1 is 1.38 bits per heavy atom.